The van der Waals surface area contributed by atoms with Gasteiger partial charge in [-0.3, -0.25) is 9.69 Å². The molecule has 126 valence electrons. The fraction of sp³-hybridized carbons (Fsp3) is 0.375. The quantitative estimate of drug-likeness (QED) is 0.905. The molecule has 1 fully saturated rings. The molecular weight excluding hydrogens is 339 g/mol. The van der Waals surface area contributed by atoms with Gasteiger partial charge >= 0.3 is 5.97 Å². The van der Waals surface area contributed by atoms with Crippen molar-refractivity contribution in [3.8, 4) is 11.5 Å². The van der Waals surface area contributed by atoms with Gasteiger partial charge in [0.25, 0.3) is 0 Å². The molecule has 23 heavy (non-hydrogen) atoms. The standard InChI is InChI=1S/C16H18N2O3.2ClH/c19-16(20)13-7-4-8-18(9-13)10-14-11-21-15(17-14)12-5-2-1-3-6-12;;/h1-3,5-6,11,13H,4,7-10H2,(H,19,20);2*1H. The molecule has 1 aromatic carbocycles. The van der Waals surface area contributed by atoms with Crippen LogP contribution in [0.5, 0.6) is 0 Å². The summed E-state index contributed by atoms with van der Waals surface area (Å²) in [5.41, 5.74) is 1.80. The van der Waals surface area contributed by atoms with Gasteiger partial charge in [0.05, 0.1) is 11.6 Å². The van der Waals surface area contributed by atoms with Crippen molar-refractivity contribution < 1.29 is 14.3 Å². The van der Waals surface area contributed by atoms with E-state index in [1.807, 2.05) is 30.3 Å². The molecule has 1 atom stereocenters. The molecule has 2 heterocycles. The number of oxazole rings is 1. The van der Waals surface area contributed by atoms with Gasteiger partial charge in [-0.25, -0.2) is 4.98 Å². The van der Waals surface area contributed by atoms with Crippen molar-refractivity contribution in [2.45, 2.75) is 19.4 Å². The summed E-state index contributed by atoms with van der Waals surface area (Å²) in [7, 11) is 0. The topological polar surface area (TPSA) is 66.6 Å². The number of rotatable bonds is 4. The maximum absolute atomic E-state index is 11.1. The number of halogens is 2. The zero-order valence-corrected chi connectivity index (χ0v) is 14.2. The van der Waals surface area contributed by atoms with Gasteiger partial charge in [0.15, 0.2) is 0 Å². The van der Waals surface area contributed by atoms with Crippen molar-refractivity contribution in [2.24, 2.45) is 5.92 Å². The summed E-state index contributed by atoms with van der Waals surface area (Å²) in [6.07, 6.45) is 3.34. The highest BCUT2D eigenvalue weighted by Gasteiger charge is 2.25. The third-order valence-electron chi connectivity index (χ3n) is 3.81. The van der Waals surface area contributed by atoms with Crippen LogP contribution in [0.2, 0.25) is 0 Å². The second kappa shape index (κ2) is 8.91. The van der Waals surface area contributed by atoms with E-state index in [-0.39, 0.29) is 30.7 Å². The van der Waals surface area contributed by atoms with Crippen LogP contribution in [-0.2, 0) is 11.3 Å². The normalized spacial score (nSPS) is 17.8. The average Bonchev–Trinajstić information content (AvgIpc) is 2.97. The van der Waals surface area contributed by atoms with Gasteiger partial charge in [-0.05, 0) is 31.5 Å². The largest absolute Gasteiger partial charge is 0.481 e. The third-order valence-corrected chi connectivity index (χ3v) is 3.81. The van der Waals surface area contributed by atoms with E-state index in [0.717, 1.165) is 30.6 Å². The number of carbonyl (C=O) groups is 1. The Morgan fingerprint density at radius 3 is 2.74 bits per heavy atom. The molecule has 1 saturated heterocycles. The number of aliphatic carboxylic acids is 1. The fourth-order valence-corrected chi connectivity index (χ4v) is 2.72. The molecule has 1 aliphatic heterocycles. The number of carboxylic acid groups (broad SMARTS) is 1. The van der Waals surface area contributed by atoms with Gasteiger partial charge in [0.1, 0.15) is 6.26 Å². The maximum Gasteiger partial charge on any atom is 0.307 e. The first-order chi connectivity index (χ1) is 10.2. The van der Waals surface area contributed by atoms with Crippen molar-refractivity contribution >= 4 is 30.8 Å². The molecule has 5 nitrogen and oxygen atoms in total. The first-order valence-corrected chi connectivity index (χ1v) is 7.17. The SMILES string of the molecule is Cl.Cl.O=C(O)C1CCCN(Cc2coc(-c3ccccc3)n2)C1. The van der Waals surface area contributed by atoms with Gasteiger partial charge in [0.2, 0.25) is 5.89 Å². The summed E-state index contributed by atoms with van der Waals surface area (Å²) < 4.78 is 5.51. The lowest BCUT2D eigenvalue weighted by Gasteiger charge is -2.29. The van der Waals surface area contributed by atoms with E-state index >= 15 is 0 Å². The summed E-state index contributed by atoms with van der Waals surface area (Å²) in [6, 6.07) is 9.75. The Hall–Kier alpha value is -1.56. The smallest absolute Gasteiger partial charge is 0.307 e. The number of aromatic nitrogens is 1. The Bertz CT molecular complexity index is 619. The van der Waals surface area contributed by atoms with E-state index in [1.54, 1.807) is 6.26 Å². The molecule has 0 saturated carbocycles. The Kier molecular flexibility index (Phi) is 7.55. The minimum Gasteiger partial charge on any atom is -0.481 e. The van der Waals surface area contributed by atoms with E-state index in [1.165, 1.54) is 0 Å². The van der Waals surface area contributed by atoms with Crippen molar-refractivity contribution in [3.63, 3.8) is 0 Å². The zero-order chi connectivity index (χ0) is 14.7. The number of hydrogen-bond acceptors (Lipinski definition) is 4. The second-order valence-corrected chi connectivity index (χ2v) is 5.42. The number of piperidine rings is 1. The summed E-state index contributed by atoms with van der Waals surface area (Å²) in [5, 5.41) is 9.11. The van der Waals surface area contributed by atoms with Crippen LogP contribution in [0.3, 0.4) is 0 Å². The van der Waals surface area contributed by atoms with Crippen LogP contribution in [0.15, 0.2) is 41.0 Å². The van der Waals surface area contributed by atoms with E-state index < -0.39 is 5.97 Å². The van der Waals surface area contributed by atoms with Crippen LogP contribution in [0, 0.1) is 5.92 Å². The molecule has 0 amide bonds. The molecule has 7 heteroatoms. The lowest BCUT2D eigenvalue weighted by atomic mass is 9.98. The highest BCUT2D eigenvalue weighted by molar-refractivity contribution is 5.85. The van der Waals surface area contributed by atoms with Gasteiger partial charge in [-0.1, -0.05) is 18.2 Å². The van der Waals surface area contributed by atoms with Gasteiger partial charge in [-0.15, -0.1) is 24.8 Å². The summed E-state index contributed by atoms with van der Waals surface area (Å²) in [5.74, 6) is -0.360. The average molecular weight is 359 g/mol. The minimum absolute atomic E-state index is 0. The molecule has 1 aromatic heterocycles. The Balaban J connectivity index is 0.00000132. The lowest BCUT2D eigenvalue weighted by Crippen LogP contribution is -2.38. The molecule has 1 aliphatic rings. The monoisotopic (exact) mass is 358 g/mol. The van der Waals surface area contributed by atoms with Crippen molar-refractivity contribution in [2.75, 3.05) is 13.1 Å². The van der Waals surface area contributed by atoms with Gasteiger partial charge in [0, 0.05) is 18.7 Å². The number of likely N-dealkylation sites (tertiary alicyclic amines) is 1. The molecule has 0 aliphatic carbocycles. The summed E-state index contributed by atoms with van der Waals surface area (Å²) >= 11 is 0. The lowest BCUT2D eigenvalue weighted by molar-refractivity contribution is -0.143. The molecule has 1 unspecified atom stereocenters. The van der Waals surface area contributed by atoms with E-state index in [2.05, 4.69) is 9.88 Å². The van der Waals surface area contributed by atoms with Gasteiger partial charge in [-0.2, -0.15) is 0 Å². The number of nitrogens with zero attached hydrogens (tertiary/aromatic N) is 2. The third kappa shape index (κ3) is 4.96. The van der Waals surface area contributed by atoms with Crippen LogP contribution in [0.1, 0.15) is 18.5 Å². The highest BCUT2D eigenvalue weighted by Crippen LogP contribution is 2.21. The fourth-order valence-electron chi connectivity index (χ4n) is 2.72. The van der Waals surface area contributed by atoms with E-state index in [4.69, 9.17) is 9.52 Å². The molecule has 0 spiro atoms. The first kappa shape index (κ1) is 19.5. The number of hydrogen-bond donors (Lipinski definition) is 1. The van der Waals surface area contributed by atoms with Gasteiger partial charge < -0.3 is 9.52 Å². The molecule has 1 N–H and O–H groups in total. The molecule has 3 rings (SSSR count). The molecule has 0 bridgehead atoms. The highest BCUT2D eigenvalue weighted by atomic mass is 35.5. The van der Waals surface area contributed by atoms with E-state index in [0.29, 0.717) is 19.0 Å². The predicted molar refractivity (Wildman–Crippen MR) is 92.1 cm³/mol. The first-order valence-electron chi connectivity index (χ1n) is 7.17. The number of carboxylic acids is 1. The van der Waals surface area contributed by atoms with Crippen molar-refractivity contribution in [1.29, 1.82) is 0 Å². The second-order valence-electron chi connectivity index (χ2n) is 5.42. The van der Waals surface area contributed by atoms with Crippen LogP contribution in [0.4, 0.5) is 0 Å². The molecular formula is C16H20Cl2N2O3. The minimum atomic E-state index is -0.704. The number of benzene rings is 1. The Labute approximate surface area is 147 Å². The predicted octanol–water partition coefficient (Wildman–Crippen LogP) is 3.48. The van der Waals surface area contributed by atoms with Crippen LogP contribution >= 0.6 is 24.8 Å². The van der Waals surface area contributed by atoms with Crippen LogP contribution in [0.25, 0.3) is 11.5 Å². The maximum atomic E-state index is 11.1. The van der Waals surface area contributed by atoms with Crippen molar-refractivity contribution in [3.05, 3.63) is 42.3 Å². The zero-order valence-electron chi connectivity index (χ0n) is 12.6. The molecule has 0 radical (unpaired) electrons. The summed E-state index contributed by atoms with van der Waals surface area (Å²) in [6.45, 7) is 2.14. The van der Waals surface area contributed by atoms with Crippen LogP contribution in [-0.4, -0.2) is 34.0 Å². The Morgan fingerprint density at radius 2 is 2.04 bits per heavy atom. The summed E-state index contributed by atoms with van der Waals surface area (Å²) in [4.78, 5) is 17.7. The van der Waals surface area contributed by atoms with E-state index in [9.17, 15) is 4.79 Å². The van der Waals surface area contributed by atoms with Crippen molar-refractivity contribution in [1.82, 2.24) is 9.88 Å². The Morgan fingerprint density at radius 1 is 1.30 bits per heavy atom. The van der Waals surface area contributed by atoms with Crippen LogP contribution < -0.4 is 0 Å². The molecule has 2 aromatic rings.